The molecule has 0 radical (unpaired) electrons. The van der Waals surface area contributed by atoms with Crippen molar-refractivity contribution in [3.63, 3.8) is 0 Å². The molecule has 140 valence electrons. The van der Waals surface area contributed by atoms with E-state index in [1.54, 1.807) is 0 Å². The lowest BCUT2D eigenvalue weighted by Crippen LogP contribution is -2.34. The molecule has 0 saturated carbocycles. The van der Waals surface area contributed by atoms with Gasteiger partial charge in [0.25, 0.3) is 0 Å². The van der Waals surface area contributed by atoms with Gasteiger partial charge in [-0.1, -0.05) is 39.8 Å². The van der Waals surface area contributed by atoms with Crippen molar-refractivity contribution in [2.75, 3.05) is 13.2 Å². The first-order valence-corrected chi connectivity index (χ1v) is 9.67. The summed E-state index contributed by atoms with van der Waals surface area (Å²) in [6, 6.07) is 7.16. The molecular weight excluding hydrogens is 318 g/mol. The van der Waals surface area contributed by atoms with Gasteiger partial charge in [-0.15, -0.1) is 0 Å². The predicted octanol–water partition coefficient (Wildman–Crippen LogP) is 5.16. The molecule has 1 aromatic heterocycles. The van der Waals surface area contributed by atoms with Crippen LogP contribution in [0.2, 0.25) is 0 Å². The second-order valence-electron chi connectivity index (χ2n) is 9.10. The van der Waals surface area contributed by atoms with Crippen LogP contribution in [0.15, 0.2) is 30.4 Å². The molecule has 3 rings (SSSR count). The van der Waals surface area contributed by atoms with Crippen LogP contribution in [0.25, 0.3) is 11.3 Å². The Morgan fingerprint density at radius 1 is 1.12 bits per heavy atom. The largest absolute Gasteiger partial charge is 0.381 e. The number of aromatic nitrogens is 1. The van der Waals surface area contributed by atoms with Gasteiger partial charge in [-0.25, -0.2) is 4.57 Å². The summed E-state index contributed by atoms with van der Waals surface area (Å²) in [5.74, 6) is 0. The highest BCUT2D eigenvalue weighted by atomic mass is 16.5. The highest BCUT2D eigenvalue weighted by Gasteiger charge is 2.30. The van der Waals surface area contributed by atoms with Gasteiger partial charge in [0.1, 0.15) is 8.42 Å². The molecule has 0 spiro atoms. The van der Waals surface area contributed by atoms with Gasteiger partial charge < -0.3 is 4.74 Å². The highest BCUT2D eigenvalue weighted by Crippen LogP contribution is 2.36. The molecule has 1 aromatic carbocycles. The number of hydrogen-bond donors (Lipinski definition) is 0. The molecule has 0 unspecified atom stereocenters. The fraction of sp³-hybridized carbons (Fsp3) is 0.542. The van der Waals surface area contributed by atoms with E-state index in [4.69, 9.17) is 7.48 Å². The van der Waals surface area contributed by atoms with Gasteiger partial charge in [0.2, 0.25) is 5.69 Å². The Bertz CT molecular complexity index is 877. The molecule has 1 aliphatic heterocycles. The van der Waals surface area contributed by atoms with Crippen LogP contribution in [0.3, 0.4) is 0 Å². The lowest BCUT2D eigenvalue weighted by atomic mass is 9.75. The second kappa shape index (κ2) is 6.81. The number of rotatable bonds is 2. The van der Waals surface area contributed by atoms with Crippen molar-refractivity contribution >= 4 is 0 Å². The predicted molar refractivity (Wildman–Crippen MR) is 109 cm³/mol. The number of nitrogens with zero attached hydrogens (tertiary/aromatic N) is 1. The molecule has 2 aromatic rings. The Morgan fingerprint density at radius 3 is 2.35 bits per heavy atom. The number of hydrogen-bond acceptors (Lipinski definition) is 1. The third-order valence-electron chi connectivity index (χ3n) is 5.82. The van der Waals surface area contributed by atoms with E-state index in [0.29, 0.717) is 12.2 Å². The monoisotopic (exact) mass is 354 g/mol. The van der Waals surface area contributed by atoms with Crippen LogP contribution in [-0.2, 0) is 22.6 Å². The maximum atomic E-state index is 8.85. The van der Waals surface area contributed by atoms with E-state index in [1.807, 2.05) is 18.5 Å². The van der Waals surface area contributed by atoms with E-state index < -0.39 is 0 Å². The quantitative estimate of drug-likeness (QED) is 0.679. The van der Waals surface area contributed by atoms with Gasteiger partial charge in [0.15, 0.2) is 6.17 Å². The van der Waals surface area contributed by atoms with Gasteiger partial charge in [0, 0.05) is 30.4 Å². The SMILES string of the molecule is [2H]c1c(C)c(C(C)(C)C)c([2H])[n+](C)c1-c1ccc(C2(C)CCOCC2)cc1C. The summed E-state index contributed by atoms with van der Waals surface area (Å²) < 4.78 is 25.0. The summed E-state index contributed by atoms with van der Waals surface area (Å²) in [7, 11) is 1.91. The van der Waals surface area contributed by atoms with Crippen LogP contribution in [0.5, 0.6) is 0 Å². The van der Waals surface area contributed by atoms with Crippen LogP contribution < -0.4 is 4.57 Å². The van der Waals surface area contributed by atoms with E-state index in [2.05, 4.69) is 52.8 Å². The maximum absolute atomic E-state index is 8.85. The van der Waals surface area contributed by atoms with Crippen LogP contribution in [-0.4, -0.2) is 13.2 Å². The summed E-state index contributed by atoms with van der Waals surface area (Å²) in [5, 5.41) is 0. The second-order valence-corrected chi connectivity index (χ2v) is 9.10. The third-order valence-corrected chi connectivity index (χ3v) is 5.82. The lowest BCUT2D eigenvalue weighted by molar-refractivity contribution is -0.661. The van der Waals surface area contributed by atoms with Crippen molar-refractivity contribution in [2.45, 2.75) is 65.2 Å². The van der Waals surface area contributed by atoms with Crippen LogP contribution in [0, 0.1) is 13.8 Å². The minimum absolute atomic E-state index is 0.153. The normalized spacial score (nSPS) is 18.4. The minimum Gasteiger partial charge on any atom is -0.381 e. The zero-order chi connectivity index (χ0) is 20.9. The van der Waals surface area contributed by atoms with Crippen molar-refractivity contribution in [3.05, 3.63) is 52.7 Å². The molecule has 0 aliphatic carbocycles. The van der Waals surface area contributed by atoms with Crippen LogP contribution in [0.4, 0.5) is 0 Å². The van der Waals surface area contributed by atoms with Crippen molar-refractivity contribution in [2.24, 2.45) is 7.05 Å². The van der Waals surface area contributed by atoms with Crippen molar-refractivity contribution in [3.8, 4) is 11.3 Å². The third kappa shape index (κ3) is 3.57. The fourth-order valence-corrected chi connectivity index (χ4v) is 4.03. The number of aryl methyl sites for hydroxylation is 1. The van der Waals surface area contributed by atoms with Gasteiger partial charge in [-0.2, -0.15) is 0 Å². The standard InChI is InChI=1S/C24H34NO/c1-17-14-19(24(6)10-12-26-13-11-24)8-9-20(17)22-15-18(2)21(16-25(22)7)23(3,4)5/h8-9,14-16H,10-13H2,1-7H3/q+1/i15D,16D. The summed E-state index contributed by atoms with van der Waals surface area (Å²) in [6.45, 7) is 14.4. The zero-order valence-electron chi connectivity index (χ0n) is 19.4. The fourth-order valence-electron chi connectivity index (χ4n) is 4.03. The number of pyridine rings is 1. The van der Waals surface area contributed by atoms with Crippen LogP contribution in [0.1, 0.15) is 65.5 Å². The number of benzene rings is 1. The smallest absolute Gasteiger partial charge is 0.212 e. The van der Waals surface area contributed by atoms with Crippen molar-refractivity contribution in [1.29, 1.82) is 0 Å². The van der Waals surface area contributed by atoms with E-state index in [0.717, 1.165) is 54.0 Å². The Labute approximate surface area is 162 Å². The molecule has 0 bridgehead atoms. The Balaban J connectivity index is 2.15. The highest BCUT2D eigenvalue weighted by molar-refractivity contribution is 5.63. The molecule has 0 atom stereocenters. The lowest BCUT2D eigenvalue weighted by Gasteiger charge is -2.34. The molecule has 2 heteroatoms. The molecule has 2 heterocycles. The van der Waals surface area contributed by atoms with Gasteiger partial charge in [-0.3, -0.25) is 0 Å². The molecule has 0 N–H and O–H groups in total. The summed E-state index contributed by atoms with van der Waals surface area (Å²) >= 11 is 0. The first-order chi connectivity index (χ1) is 13.0. The summed E-state index contributed by atoms with van der Waals surface area (Å²) in [4.78, 5) is 0. The first kappa shape index (κ1) is 16.5. The summed E-state index contributed by atoms with van der Waals surface area (Å²) in [6.07, 6.45) is 2.58. The molecule has 1 fully saturated rings. The Morgan fingerprint density at radius 2 is 1.77 bits per heavy atom. The van der Waals surface area contributed by atoms with Crippen LogP contribution >= 0.6 is 0 Å². The van der Waals surface area contributed by atoms with Gasteiger partial charge in [-0.05, 0) is 60.3 Å². The minimum atomic E-state index is -0.163. The topological polar surface area (TPSA) is 13.1 Å². The average molecular weight is 355 g/mol. The molecule has 0 amide bonds. The summed E-state index contributed by atoms with van der Waals surface area (Å²) in [5.41, 5.74) is 6.24. The molecular formula is C24H34NO+. The van der Waals surface area contributed by atoms with Crippen molar-refractivity contribution < 1.29 is 12.0 Å². The van der Waals surface area contributed by atoms with Gasteiger partial charge >= 0.3 is 0 Å². The molecule has 26 heavy (non-hydrogen) atoms. The van der Waals surface area contributed by atoms with E-state index in [9.17, 15) is 0 Å². The van der Waals surface area contributed by atoms with Crippen molar-refractivity contribution in [1.82, 2.24) is 0 Å². The molecule has 1 aliphatic rings. The molecule has 2 nitrogen and oxygen atoms in total. The van der Waals surface area contributed by atoms with Gasteiger partial charge in [0.05, 0.1) is 1.37 Å². The number of ether oxygens (including phenoxy) is 1. The maximum Gasteiger partial charge on any atom is 0.212 e. The van der Waals surface area contributed by atoms with E-state index in [1.165, 1.54) is 5.56 Å². The van der Waals surface area contributed by atoms with E-state index in [-0.39, 0.29) is 10.8 Å². The average Bonchev–Trinajstić information content (AvgIpc) is 2.61. The zero-order valence-corrected chi connectivity index (χ0v) is 17.4. The first-order valence-electron chi connectivity index (χ1n) is 10.7. The Kier molecular flexibility index (Phi) is 4.32. The Hall–Kier alpha value is -1.67. The van der Waals surface area contributed by atoms with E-state index >= 15 is 0 Å². The molecule has 1 saturated heterocycles.